The Bertz CT molecular complexity index is 456. The van der Waals surface area contributed by atoms with Crippen LogP contribution in [0.1, 0.15) is 5.56 Å². The number of benzene rings is 1. The zero-order valence-electron chi connectivity index (χ0n) is 9.68. The third-order valence-electron chi connectivity index (χ3n) is 2.32. The van der Waals surface area contributed by atoms with Gasteiger partial charge in [-0.15, -0.1) is 10.2 Å². The zero-order chi connectivity index (χ0) is 11.4. The molecule has 0 aliphatic carbocycles. The quantitative estimate of drug-likeness (QED) is 0.674. The number of hydrogen-bond acceptors (Lipinski definition) is 6. The fraction of sp³-hybridized carbons (Fsp3) is 0.300. The van der Waals surface area contributed by atoms with Gasteiger partial charge in [-0.05, 0) is 35.4 Å². The second-order valence-electron chi connectivity index (χ2n) is 3.39. The second kappa shape index (κ2) is 5.92. The molecule has 0 radical (unpaired) electrons. The standard InChI is InChI=1S/C10H13N5O.H3N/c1-16-5-4-7-6-8(2-3-9(7)11)10-12-14-15-13-10;/h2-3,6H,4-5,11H2,1H3,(H,12,13,14,15);1H3. The largest absolute Gasteiger partial charge is 0.399 e. The number of nitrogens with zero attached hydrogens (tertiary/aromatic N) is 3. The van der Waals surface area contributed by atoms with E-state index in [0.29, 0.717) is 12.4 Å². The highest BCUT2D eigenvalue weighted by atomic mass is 16.5. The first-order chi connectivity index (χ1) is 7.81. The number of nitrogens with two attached hydrogens (primary N) is 1. The molecule has 0 aliphatic heterocycles. The van der Waals surface area contributed by atoms with Crippen LogP contribution in [0.4, 0.5) is 5.69 Å². The normalized spacial score (nSPS) is 9.94. The summed E-state index contributed by atoms with van der Waals surface area (Å²) in [5.41, 5.74) is 8.55. The molecule has 17 heavy (non-hydrogen) atoms. The van der Waals surface area contributed by atoms with Gasteiger partial charge in [-0.3, -0.25) is 0 Å². The van der Waals surface area contributed by atoms with Crippen LogP contribution in [0.3, 0.4) is 0 Å². The lowest BCUT2D eigenvalue weighted by Crippen LogP contribution is -2.00. The predicted molar refractivity (Wildman–Crippen MR) is 64.6 cm³/mol. The summed E-state index contributed by atoms with van der Waals surface area (Å²) in [7, 11) is 1.67. The van der Waals surface area contributed by atoms with E-state index >= 15 is 0 Å². The molecule has 0 aliphatic rings. The van der Waals surface area contributed by atoms with Crippen LogP contribution in [-0.2, 0) is 11.2 Å². The Hall–Kier alpha value is -1.99. The van der Waals surface area contributed by atoms with Crippen LogP contribution in [0.5, 0.6) is 0 Å². The van der Waals surface area contributed by atoms with E-state index in [0.717, 1.165) is 23.2 Å². The maximum absolute atomic E-state index is 5.86. The summed E-state index contributed by atoms with van der Waals surface area (Å²) in [4.78, 5) is 0. The second-order valence-corrected chi connectivity index (χ2v) is 3.39. The Morgan fingerprint density at radius 2 is 2.24 bits per heavy atom. The predicted octanol–water partition coefficient (Wildman–Crippen LogP) is 0.800. The number of hydrogen-bond donors (Lipinski definition) is 3. The Balaban J connectivity index is 0.00000144. The molecule has 0 bridgehead atoms. The molecular formula is C10H16N6O. The van der Waals surface area contributed by atoms with Crippen molar-refractivity contribution in [3.05, 3.63) is 23.8 Å². The average Bonchev–Trinajstić information content (AvgIpc) is 2.81. The van der Waals surface area contributed by atoms with Gasteiger partial charge in [0.05, 0.1) is 6.61 Å². The Labute approximate surface area is 98.9 Å². The smallest absolute Gasteiger partial charge is 0.204 e. The van der Waals surface area contributed by atoms with Gasteiger partial charge in [-0.2, -0.15) is 5.21 Å². The summed E-state index contributed by atoms with van der Waals surface area (Å²) in [6, 6.07) is 5.67. The molecule has 7 nitrogen and oxygen atoms in total. The van der Waals surface area contributed by atoms with Crippen molar-refractivity contribution in [2.24, 2.45) is 0 Å². The molecule has 0 amide bonds. The maximum atomic E-state index is 5.86. The van der Waals surface area contributed by atoms with E-state index in [1.807, 2.05) is 18.2 Å². The molecule has 0 fully saturated rings. The number of aromatic nitrogens is 4. The van der Waals surface area contributed by atoms with Crippen LogP contribution >= 0.6 is 0 Å². The SMILES string of the molecule is COCCc1cc(-c2nn[nH]n2)ccc1N.N. The van der Waals surface area contributed by atoms with Crippen LogP contribution in [-0.4, -0.2) is 34.3 Å². The third-order valence-corrected chi connectivity index (χ3v) is 2.32. The van der Waals surface area contributed by atoms with Crippen molar-refractivity contribution in [1.82, 2.24) is 26.8 Å². The minimum atomic E-state index is 0. The molecule has 0 saturated heterocycles. The van der Waals surface area contributed by atoms with E-state index in [9.17, 15) is 0 Å². The Morgan fingerprint density at radius 1 is 1.41 bits per heavy atom. The molecule has 0 unspecified atom stereocenters. The van der Waals surface area contributed by atoms with E-state index in [1.165, 1.54) is 0 Å². The van der Waals surface area contributed by atoms with Gasteiger partial charge in [0.15, 0.2) is 0 Å². The highest BCUT2D eigenvalue weighted by molar-refractivity contribution is 5.61. The fourth-order valence-electron chi connectivity index (χ4n) is 1.46. The van der Waals surface area contributed by atoms with E-state index in [4.69, 9.17) is 10.5 Å². The molecule has 1 aromatic carbocycles. The first kappa shape index (κ1) is 13.1. The highest BCUT2D eigenvalue weighted by Gasteiger charge is 2.06. The van der Waals surface area contributed by atoms with Crippen LogP contribution < -0.4 is 11.9 Å². The monoisotopic (exact) mass is 236 g/mol. The first-order valence-corrected chi connectivity index (χ1v) is 4.92. The number of ether oxygens (including phenoxy) is 1. The van der Waals surface area contributed by atoms with Gasteiger partial charge in [0, 0.05) is 18.4 Å². The van der Waals surface area contributed by atoms with Gasteiger partial charge in [0.25, 0.3) is 0 Å². The van der Waals surface area contributed by atoms with Crippen molar-refractivity contribution >= 4 is 5.69 Å². The minimum Gasteiger partial charge on any atom is -0.399 e. The van der Waals surface area contributed by atoms with E-state index in [1.54, 1.807) is 7.11 Å². The van der Waals surface area contributed by atoms with Crippen LogP contribution in [0, 0.1) is 0 Å². The Morgan fingerprint density at radius 3 is 2.88 bits per heavy atom. The van der Waals surface area contributed by atoms with Crippen molar-refractivity contribution in [2.75, 3.05) is 19.5 Å². The summed E-state index contributed by atoms with van der Waals surface area (Å²) < 4.78 is 5.03. The molecule has 7 heteroatoms. The topological polar surface area (TPSA) is 125 Å². The average molecular weight is 236 g/mol. The van der Waals surface area contributed by atoms with E-state index in [2.05, 4.69) is 20.6 Å². The molecule has 2 aromatic rings. The van der Waals surface area contributed by atoms with E-state index < -0.39 is 0 Å². The number of methoxy groups -OCH3 is 1. The first-order valence-electron chi connectivity index (χ1n) is 4.92. The van der Waals surface area contributed by atoms with Crippen molar-refractivity contribution in [1.29, 1.82) is 0 Å². The molecule has 0 atom stereocenters. The number of rotatable bonds is 4. The van der Waals surface area contributed by atoms with Crippen LogP contribution in [0.15, 0.2) is 18.2 Å². The molecule has 1 aromatic heterocycles. The third kappa shape index (κ3) is 2.99. The summed E-state index contributed by atoms with van der Waals surface area (Å²) in [5.74, 6) is 0.568. The van der Waals surface area contributed by atoms with Gasteiger partial charge >= 0.3 is 0 Å². The lowest BCUT2D eigenvalue weighted by Gasteiger charge is -2.06. The summed E-state index contributed by atoms with van der Waals surface area (Å²) in [6.07, 6.45) is 0.772. The molecule has 0 spiro atoms. The summed E-state index contributed by atoms with van der Waals surface area (Å²) in [6.45, 7) is 0.639. The van der Waals surface area contributed by atoms with Gasteiger partial charge in [0.2, 0.25) is 5.82 Å². The minimum absolute atomic E-state index is 0. The molecule has 6 N–H and O–H groups in total. The number of nitrogens with one attached hydrogen (secondary N) is 1. The fourth-order valence-corrected chi connectivity index (χ4v) is 1.46. The molecule has 92 valence electrons. The zero-order valence-corrected chi connectivity index (χ0v) is 9.68. The summed E-state index contributed by atoms with van der Waals surface area (Å²) >= 11 is 0. The Kier molecular flexibility index (Phi) is 4.56. The van der Waals surface area contributed by atoms with Gasteiger partial charge in [-0.1, -0.05) is 0 Å². The number of nitrogen functional groups attached to an aromatic ring is 1. The van der Waals surface area contributed by atoms with Gasteiger partial charge in [0.1, 0.15) is 0 Å². The number of anilines is 1. The number of aromatic amines is 1. The van der Waals surface area contributed by atoms with E-state index in [-0.39, 0.29) is 6.15 Å². The lowest BCUT2D eigenvalue weighted by atomic mass is 10.1. The number of H-pyrrole nitrogens is 1. The maximum Gasteiger partial charge on any atom is 0.204 e. The van der Waals surface area contributed by atoms with Crippen molar-refractivity contribution in [3.63, 3.8) is 0 Å². The number of tetrazole rings is 1. The van der Waals surface area contributed by atoms with Gasteiger partial charge in [-0.25, -0.2) is 0 Å². The van der Waals surface area contributed by atoms with Crippen molar-refractivity contribution in [3.8, 4) is 11.4 Å². The summed E-state index contributed by atoms with van der Waals surface area (Å²) in [5, 5.41) is 13.8. The lowest BCUT2D eigenvalue weighted by molar-refractivity contribution is 0.202. The molecular weight excluding hydrogens is 220 g/mol. The molecule has 1 heterocycles. The molecule has 0 saturated carbocycles. The highest BCUT2D eigenvalue weighted by Crippen LogP contribution is 2.20. The van der Waals surface area contributed by atoms with Crippen molar-refractivity contribution in [2.45, 2.75) is 6.42 Å². The van der Waals surface area contributed by atoms with Crippen LogP contribution in [0.25, 0.3) is 11.4 Å². The van der Waals surface area contributed by atoms with Crippen molar-refractivity contribution < 1.29 is 4.74 Å². The van der Waals surface area contributed by atoms with Crippen LogP contribution in [0.2, 0.25) is 0 Å². The van der Waals surface area contributed by atoms with Gasteiger partial charge < -0.3 is 16.6 Å². The molecule has 2 rings (SSSR count).